The van der Waals surface area contributed by atoms with Crippen LogP contribution in [0.5, 0.6) is 5.75 Å². The first-order valence-corrected chi connectivity index (χ1v) is 6.30. The Labute approximate surface area is 110 Å². The molecule has 1 N–H and O–H groups in total. The van der Waals surface area contributed by atoms with E-state index in [1.165, 1.54) is 0 Å². The molecule has 1 aliphatic heterocycles. The molecule has 0 saturated heterocycles. The molecule has 0 radical (unpaired) electrons. The van der Waals surface area contributed by atoms with Crippen molar-refractivity contribution in [3.8, 4) is 5.75 Å². The first-order valence-electron chi connectivity index (χ1n) is 6.30. The van der Waals surface area contributed by atoms with Crippen molar-refractivity contribution in [2.75, 3.05) is 37.7 Å². The monoisotopic (exact) mass is 274 g/mol. The van der Waals surface area contributed by atoms with Crippen LogP contribution in [0.25, 0.3) is 0 Å². The maximum absolute atomic E-state index is 12.0. The Morgan fingerprint density at radius 1 is 1.26 bits per heavy atom. The third kappa shape index (κ3) is 4.31. The fourth-order valence-electron chi connectivity index (χ4n) is 2.07. The van der Waals surface area contributed by atoms with Crippen LogP contribution in [0.1, 0.15) is 6.42 Å². The van der Waals surface area contributed by atoms with Gasteiger partial charge in [0.25, 0.3) is 0 Å². The van der Waals surface area contributed by atoms with Crippen LogP contribution in [0.4, 0.5) is 18.9 Å². The molecular weight excluding hydrogens is 257 g/mol. The average molecular weight is 274 g/mol. The summed E-state index contributed by atoms with van der Waals surface area (Å²) in [5, 5.41) is 2.42. The number of rotatable bonds is 4. The summed E-state index contributed by atoms with van der Waals surface area (Å²) < 4.78 is 41.7. The number of halogens is 3. The van der Waals surface area contributed by atoms with Crippen LogP contribution in [0.2, 0.25) is 0 Å². The van der Waals surface area contributed by atoms with Gasteiger partial charge in [0, 0.05) is 19.6 Å². The Bertz CT molecular complexity index is 409. The number of benzene rings is 1. The Hall–Kier alpha value is -1.43. The average Bonchev–Trinajstić information content (AvgIpc) is 2.56. The number of hydrogen-bond donors (Lipinski definition) is 1. The lowest BCUT2D eigenvalue weighted by atomic mass is 10.2. The van der Waals surface area contributed by atoms with Crippen molar-refractivity contribution in [2.24, 2.45) is 0 Å². The van der Waals surface area contributed by atoms with Crippen molar-refractivity contribution in [3.05, 3.63) is 24.3 Å². The highest BCUT2D eigenvalue weighted by atomic mass is 19.4. The van der Waals surface area contributed by atoms with Gasteiger partial charge in [-0.15, -0.1) is 0 Å². The molecule has 2 rings (SSSR count). The molecular formula is C13H17F3N2O. The highest BCUT2D eigenvalue weighted by Gasteiger charge is 2.26. The van der Waals surface area contributed by atoms with Crippen LogP contribution >= 0.6 is 0 Å². The number of nitrogens with one attached hydrogen (secondary N) is 1. The molecule has 19 heavy (non-hydrogen) atoms. The molecule has 106 valence electrons. The minimum atomic E-state index is -4.15. The number of fused-ring (bicyclic) bond motifs is 1. The topological polar surface area (TPSA) is 24.5 Å². The van der Waals surface area contributed by atoms with E-state index < -0.39 is 12.7 Å². The van der Waals surface area contributed by atoms with Gasteiger partial charge >= 0.3 is 6.18 Å². The summed E-state index contributed by atoms with van der Waals surface area (Å²) >= 11 is 0. The highest BCUT2D eigenvalue weighted by Crippen LogP contribution is 2.29. The Kier molecular flexibility index (Phi) is 4.52. The molecule has 1 aliphatic rings. The third-order valence-electron chi connectivity index (χ3n) is 2.92. The molecule has 6 heteroatoms. The molecule has 3 nitrogen and oxygen atoms in total. The summed E-state index contributed by atoms with van der Waals surface area (Å²) in [6, 6.07) is 7.62. The first kappa shape index (κ1) is 14.0. The van der Waals surface area contributed by atoms with E-state index in [9.17, 15) is 13.2 Å². The number of alkyl halides is 3. The Balaban J connectivity index is 1.90. The van der Waals surface area contributed by atoms with E-state index >= 15 is 0 Å². The molecule has 0 unspecified atom stereocenters. The van der Waals surface area contributed by atoms with Crippen molar-refractivity contribution in [1.29, 1.82) is 0 Å². The summed E-state index contributed by atoms with van der Waals surface area (Å²) in [5.74, 6) is 0.802. The molecule has 0 fully saturated rings. The standard InChI is InChI=1S/C13H17F3N2O/c14-13(15,16)10-17-6-8-18-7-3-9-19-12-5-2-1-4-11(12)18/h1-2,4-5,17H,3,6-10H2. The predicted octanol–water partition coefficient (Wildman–Crippen LogP) is 2.43. The Morgan fingerprint density at radius 3 is 2.84 bits per heavy atom. The van der Waals surface area contributed by atoms with Crippen molar-refractivity contribution in [1.82, 2.24) is 5.32 Å². The molecule has 0 spiro atoms. The Morgan fingerprint density at radius 2 is 2.05 bits per heavy atom. The van der Waals surface area contributed by atoms with Gasteiger partial charge in [0.05, 0.1) is 18.8 Å². The van der Waals surface area contributed by atoms with E-state index in [1.807, 2.05) is 24.3 Å². The SMILES string of the molecule is FC(F)(F)CNCCN1CCCOc2ccccc21. The molecule has 0 atom stereocenters. The third-order valence-corrected chi connectivity index (χ3v) is 2.92. The number of nitrogens with zero attached hydrogens (tertiary/aromatic N) is 1. The number of para-hydroxylation sites is 2. The second-order valence-corrected chi connectivity index (χ2v) is 4.45. The number of ether oxygens (including phenoxy) is 1. The predicted molar refractivity (Wildman–Crippen MR) is 67.7 cm³/mol. The van der Waals surface area contributed by atoms with Crippen molar-refractivity contribution < 1.29 is 17.9 Å². The number of anilines is 1. The summed E-state index contributed by atoms with van der Waals surface area (Å²) in [7, 11) is 0. The molecule has 0 aliphatic carbocycles. The smallest absolute Gasteiger partial charge is 0.401 e. The second-order valence-electron chi connectivity index (χ2n) is 4.45. The largest absolute Gasteiger partial charge is 0.491 e. The van der Waals surface area contributed by atoms with Crippen molar-refractivity contribution in [2.45, 2.75) is 12.6 Å². The fourth-order valence-corrected chi connectivity index (χ4v) is 2.07. The molecule has 1 heterocycles. The van der Waals surface area contributed by atoms with Gasteiger partial charge in [0.15, 0.2) is 0 Å². The maximum Gasteiger partial charge on any atom is 0.401 e. The van der Waals surface area contributed by atoms with Gasteiger partial charge in [-0.1, -0.05) is 12.1 Å². The van der Waals surface area contributed by atoms with Gasteiger partial charge < -0.3 is 15.0 Å². The van der Waals surface area contributed by atoms with Crippen LogP contribution in [-0.2, 0) is 0 Å². The second kappa shape index (κ2) is 6.14. The van der Waals surface area contributed by atoms with Crippen LogP contribution in [0, 0.1) is 0 Å². The molecule has 0 amide bonds. The highest BCUT2D eigenvalue weighted by molar-refractivity contribution is 5.58. The van der Waals surface area contributed by atoms with Gasteiger partial charge in [-0.2, -0.15) is 13.2 Å². The molecule has 0 bridgehead atoms. The lowest BCUT2D eigenvalue weighted by Crippen LogP contribution is -2.36. The lowest BCUT2D eigenvalue weighted by Gasteiger charge is -2.24. The molecule has 0 saturated carbocycles. The minimum Gasteiger partial charge on any atom is -0.491 e. The minimum absolute atomic E-state index is 0.299. The summed E-state index contributed by atoms with van der Waals surface area (Å²) in [6.07, 6.45) is -3.28. The van der Waals surface area contributed by atoms with Crippen LogP contribution in [-0.4, -0.2) is 39.0 Å². The van der Waals surface area contributed by atoms with E-state index in [4.69, 9.17) is 4.74 Å². The summed E-state index contributed by atoms with van der Waals surface area (Å²) in [4.78, 5) is 2.06. The maximum atomic E-state index is 12.0. The first-order chi connectivity index (χ1) is 9.06. The zero-order valence-corrected chi connectivity index (χ0v) is 10.5. The van der Waals surface area contributed by atoms with Gasteiger partial charge in [0.2, 0.25) is 0 Å². The van der Waals surface area contributed by atoms with E-state index in [-0.39, 0.29) is 0 Å². The van der Waals surface area contributed by atoms with Gasteiger partial charge in [-0.05, 0) is 18.6 Å². The molecule has 0 aromatic heterocycles. The summed E-state index contributed by atoms with van der Waals surface area (Å²) in [6.45, 7) is 1.33. The van der Waals surface area contributed by atoms with Crippen LogP contribution in [0.15, 0.2) is 24.3 Å². The quantitative estimate of drug-likeness (QED) is 0.853. The van der Waals surface area contributed by atoms with Gasteiger partial charge in [-0.25, -0.2) is 0 Å². The normalized spacial score (nSPS) is 15.6. The number of hydrogen-bond acceptors (Lipinski definition) is 3. The van der Waals surface area contributed by atoms with Crippen LogP contribution < -0.4 is 15.0 Å². The lowest BCUT2D eigenvalue weighted by molar-refractivity contribution is -0.124. The van der Waals surface area contributed by atoms with E-state index in [1.54, 1.807) is 0 Å². The zero-order valence-electron chi connectivity index (χ0n) is 10.5. The fraction of sp³-hybridized carbons (Fsp3) is 0.538. The zero-order chi connectivity index (χ0) is 13.7. The van der Waals surface area contributed by atoms with E-state index in [0.29, 0.717) is 19.7 Å². The summed E-state index contributed by atoms with van der Waals surface area (Å²) in [5.41, 5.74) is 0.953. The van der Waals surface area contributed by atoms with E-state index in [2.05, 4.69) is 10.2 Å². The van der Waals surface area contributed by atoms with Crippen molar-refractivity contribution in [3.63, 3.8) is 0 Å². The van der Waals surface area contributed by atoms with Crippen LogP contribution in [0.3, 0.4) is 0 Å². The van der Waals surface area contributed by atoms with E-state index in [0.717, 1.165) is 24.4 Å². The molecule has 1 aromatic carbocycles. The van der Waals surface area contributed by atoms with Gasteiger partial charge in [-0.3, -0.25) is 0 Å². The van der Waals surface area contributed by atoms with Gasteiger partial charge in [0.1, 0.15) is 5.75 Å². The molecule has 1 aromatic rings. The van der Waals surface area contributed by atoms with Crippen molar-refractivity contribution >= 4 is 5.69 Å².